The van der Waals surface area contributed by atoms with E-state index < -0.39 is 17.2 Å². The molecule has 0 spiro atoms. The number of benzene rings is 2. The van der Waals surface area contributed by atoms with Gasteiger partial charge >= 0.3 is 5.97 Å². The lowest BCUT2D eigenvalue weighted by Gasteiger charge is -2.15. The first-order chi connectivity index (χ1) is 15.4. The molecule has 2 aromatic carbocycles. The number of halogens is 1. The minimum atomic E-state index is -1.34. The van der Waals surface area contributed by atoms with Gasteiger partial charge in [-0.1, -0.05) is 30.3 Å². The Morgan fingerprint density at radius 3 is 2.44 bits per heavy atom. The van der Waals surface area contributed by atoms with Gasteiger partial charge in [0.15, 0.2) is 0 Å². The van der Waals surface area contributed by atoms with Crippen LogP contribution in [0.5, 0.6) is 0 Å². The number of anilines is 1. The van der Waals surface area contributed by atoms with Gasteiger partial charge in [0, 0.05) is 43.5 Å². The molecule has 32 heavy (non-hydrogen) atoms. The summed E-state index contributed by atoms with van der Waals surface area (Å²) in [6.07, 6.45) is 3.02. The van der Waals surface area contributed by atoms with Crippen LogP contribution in [-0.4, -0.2) is 34.2 Å². The van der Waals surface area contributed by atoms with Crippen molar-refractivity contribution in [2.24, 2.45) is 0 Å². The number of aromatic carboxylic acids is 1. The zero-order valence-electron chi connectivity index (χ0n) is 17.7. The number of pyridine rings is 2. The van der Waals surface area contributed by atoms with E-state index in [1.54, 1.807) is 0 Å². The van der Waals surface area contributed by atoms with E-state index in [2.05, 4.69) is 11.9 Å². The third-order valence-electron chi connectivity index (χ3n) is 5.53. The maximum absolute atomic E-state index is 14.5. The highest BCUT2D eigenvalue weighted by molar-refractivity contribution is 5.92. The molecule has 0 saturated heterocycles. The smallest absolute Gasteiger partial charge is 0.341 e. The van der Waals surface area contributed by atoms with Crippen LogP contribution in [0.4, 0.5) is 10.2 Å². The number of para-hydroxylation sites is 1. The molecular formula is C25H22FN3O3. The quantitative estimate of drug-likeness (QED) is 0.490. The molecule has 4 aromatic rings. The van der Waals surface area contributed by atoms with E-state index in [1.807, 2.05) is 54.5 Å². The van der Waals surface area contributed by atoms with Crippen LogP contribution in [0.3, 0.4) is 0 Å². The SMILES string of the molecule is CCN(C)c1ccc(-c2ccc(Cn3cc(C(=O)O)c(=O)c4cccc(F)c43)cc2)cn1. The van der Waals surface area contributed by atoms with Crippen LogP contribution in [0.15, 0.2) is 71.8 Å². The van der Waals surface area contributed by atoms with Gasteiger partial charge in [0.05, 0.1) is 5.52 Å². The van der Waals surface area contributed by atoms with Gasteiger partial charge in [0.2, 0.25) is 5.43 Å². The Labute approximate surface area is 184 Å². The molecule has 7 heteroatoms. The normalized spacial score (nSPS) is 11.0. The molecule has 0 radical (unpaired) electrons. The number of carboxylic acid groups (broad SMARTS) is 1. The summed E-state index contributed by atoms with van der Waals surface area (Å²) in [5.41, 5.74) is 1.80. The second kappa shape index (κ2) is 8.63. The van der Waals surface area contributed by atoms with Gasteiger partial charge in [-0.3, -0.25) is 4.79 Å². The first-order valence-corrected chi connectivity index (χ1v) is 10.2. The van der Waals surface area contributed by atoms with Gasteiger partial charge in [-0.05, 0) is 42.3 Å². The van der Waals surface area contributed by atoms with E-state index in [0.717, 1.165) is 29.1 Å². The van der Waals surface area contributed by atoms with Gasteiger partial charge in [-0.25, -0.2) is 14.2 Å². The number of carbonyl (C=O) groups is 1. The average molecular weight is 431 g/mol. The monoisotopic (exact) mass is 431 g/mol. The summed E-state index contributed by atoms with van der Waals surface area (Å²) in [6.45, 7) is 3.15. The Kier molecular flexibility index (Phi) is 5.73. The first kappa shape index (κ1) is 21.2. The molecule has 0 saturated carbocycles. The molecule has 0 atom stereocenters. The van der Waals surface area contributed by atoms with Crippen LogP contribution in [-0.2, 0) is 6.54 Å². The summed E-state index contributed by atoms with van der Waals surface area (Å²) in [7, 11) is 1.98. The van der Waals surface area contributed by atoms with Crippen molar-refractivity contribution < 1.29 is 14.3 Å². The largest absolute Gasteiger partial charge is 0.477 e. The van der Waals surface area contributed by atoms with E-state index in [9.17, 15) is 19.1 Å². The van der Waals surface area contributed by atoms with Crippen molar-refractivity contribution in [3.05, 3.63) is 94.2 Å². The molecule has 0 unspecified atom stereocenters. The van der Waals surface area contributed by atoms with Crippen LogP contribution < -0.4 is 10.3 Å². The van der Waals surface area contributed by atoms with Crippen LogP contribution in [0.25, 0.3) is 22.0 Å². The van der Waals surface area contributed by atoms with Gasteiger partial charge < -0.3 is 14.6 Å². The highest BCUT2D eigenvalue weighted by Crippen LogP contribution is 2.23. The zero-order chi connectivity index (χ0) is 22.8. The van der Waals surface area contributed by atoms with E-state index >= 15 is 0 Å². The summed E-state index contributed by atoms with van der Waals surface area (Å²) in [5, 5.41) is 9.45. The molecule has 0 fully saturated rings. The second-order valence-electron chi connectivity index (χ2n) is 7.56. The maximum Gasteiger partial charge on any atom is 0.341 e. The molecule has 162 valence electrons. The van der Waals surface area contributed by atoms with Crippen LogP contribution in [0, 0.1) is 5.82 Å². The summed E-state index contributed by atoms with van der Waals surface area (Å²) >= 11 is 0. The second-order valence-corrected chi connectivity index (χ2v) is 7.56. The van der Waals surface area contributed by atoms with Crippen molar-refractivity contribution >= 4 is 22.7 Å². The highest BCUT2D eigenvalue weighted by atomic mass is 19.1. The fraction of sp³-hybridized carbons (Fsp3) is 0.160. The molecule has 6 nitrogen and oxygen atoms in total. The number of nitrogens with zero attached hydrogens (tertiary/aromatic N) is 3. The Bertz CT molecular complexity index is 1350. The van der Waals surface area contributed by atoms with E-state index in [-0.39, 0.29) is 23.0 Å². The van der Waals surface area contributed by atoms with Gasteiger partial charge in [-0.15, -0.1) is 0 Å². The van der Waals surface area contributed by atoms with E-state index in [0.29, 0.717) is 0 Å². The number of aromatic nitrogens is 2. The van der Waals surface area contributed by atoms with Gasteiger partial charge in [-0.2, -0.15) is 0 Å². The molecule has 4 rings (SSSR count). The van der Waals surface area contributed by atoms with Crippen molar-refractivity contribution in [1.29, 1.82) is 0 Å². The predicted octanol–water partition coefficient (Wildman–Crippen LogP) is 4.41. The van der Waals surface area contributed by atoms with Crippen LogP contribution >= 0.6 is 0 Å². The molecule has 0 bridgehead atoms. The number of hydrogen-bond acceptors (Lipinski definition) is 4. The van der Waals surface area contributed by atoms with Crippen LogP contribution in [0.2, 0.25) is 0 Å². The first-order valence-electron chi connectivity index (χ1n) is 10.2. The number of rotatable bonds is 6. The maximum atomic E-state index is 14.5. The third-order valence-corrected chi connectivity index (χ3v) is 5.53. The molecule has 2 heterocycles. The van der Waals surface area contributed by atoms with Gasteiger partial charge in [0.1, 0.15) is 17.2 Å². The Morgan fingerprint density at radius 1 is 1.09 bits per heavy atom. The molecule has 1 N–H and O–H groups in total. The third kappa shape index (κ3) is 3.97. The molecule has 0 aliphatic rings. The molecule has 0 aliphatic heterocycles. The highest BCUT2D eigenvalue weighted by Gasteiger charge is 2.17. The predicted molar refractivity (Wildman–Crippen MR) is 123 cm³/mol. The van der Waals surface area contributed by atoms with Crippen molar-refractivity contribution in [3.8, 4) is 11.1 Å². The lowest BCUT2D eigenvalue weighted by atomic mass is 10.0. The minimum absolute atomic E-state index is 0.0460. The minimum Gasteiger partial charge on any atom is -0.477 e. The number of fused-ring (bicyclic) bond motifs is 1. The number of hydrogen-bond donors (Lipinski definition) is 1. The molecular weight excluding hydrogens is 409 g/mol. The van der Waals surface area contributed by atoms with Crippen molar-refractivity contribution in [1.82, 2.24) is 9.55 Å². The Morgan fingerprint density at radius 2 is 1.81 bits per heavy atom. The Balaban J connectivity index is 1.67. The summed E-state index contributed by atoms with van der Waals surface area (Å²) in [6, 6.07) is 15.8. The lowest BCUT2D eigenvalue weighted by molar-refractivity contribution is 0.0695. The summed E-state index contributed by atoms with van der Waals surface area (Å²) in [4.78, 5) is 30.5. The Hall–Kier alpha value is -4.00. The van der Waals surface area contributed by atoms with E-state index in [4.69, 9.17) is 0 Å². The lowest BCUT2D eigenvalue weighted by Crippen LogP contribution is -2.19. The fourth-order valence-electron chi connectivity index (χ4n) is 3.64. The van der Waals surface area contributed by atoms with Crippen molar-refractivity contribution in [2.75, 3.05) is 18.5 Å². The summed E-state index contributed by atoms with van der Waals surface area (Å²) < 4.78 is 16.0. The molecule has 0 aliphatic carbocycles. The zero-order valence-corrected chi connectivity index (χ0v) is 17.7. The van der Waals surface area contributed by atoms with Crippen LogP contribution in [0.1, 0.15) is 22.8 Å². The fourth-order valence-corrected chi connectivity index (χ4v) is 3.64. The molecule has 0 amide bonds. The van der Waals surface area contributed by atoms with Crippen molar-refractivity contribution in [2.45, 2.75) is 13.5 Å². The standard InChI is InChI=1S/C25H22FN3O3/c1-3-28(2)22-12-11-18(13-27-22)17-9-7-16(8-10-17)14-29-15-20(25(31)32)24(30)19-5-4-6-21(26)23(19)29/h4-13,15H,3,14H2,1-2H3,(H,31,32). The summed E-state index contributed by atoms with van der Waals surface area (Å²) in [5.74, 6) is -1.01. The average Bonchev–Trinajstić information content (AvgIpc) is 2.81. The number of carboxylic acids is 1. The molecule has 2 aromatic heterocycles. The van der Waals surface area contributed by atoms with E-state index in [1.165, 1.54) is 29.0 Å². The topological polar surface area (TPSA) is 75.4 Å². The van der Waals surface area contributed by atoms with Crippen molar-refractivity contribution in [3.63, 3.8) is 0 Å². The van der Waals surface area contributed by atoms with Gasteiger partial charge in [0.25, 0.3) is 0 Å².